The minimum absolute atomic E-state index is 0.155. The number of hydrazine groups is 1. The van der Waals surface area contributed by atoms with Crippen molar-refractivity contribution in [3.8, 4) is 0 Å². The number of carbonyl (C=O) groups excluding carboxylic acids is 3. The SMILES string of the molecule is O=C(CNC(=O)c1ccc(F)cc1F)NNC(=O)c1ccccc1Cl. The summed E-state index contributed by atoms with van der Waals surface area (Å²) in [4.78, 5) is 35.2. The van der Waals surface area contributed by atoms with Crippen molar-refractivity contribution in [1.29, 1.82) is 0 Å². The fourth-order valence-corrected chi connectivity index (χ4v) is 2.03. The first kappa shape index (κ1) is 18.3. The lowest BCUT2D eigenvalue weighted by Gasteiger charge is -2.09. The van der Waals surface area contributed by atoms with Gasteiger partial charge in [0.2, 0.25) is 0 Å². The van der Waals surface area contributed by atoms with Crippen LogP contribution in [0.4, 0.5) is 8.78 Å². The van der Waals surface area contributed by atoms with Crippen LogP contribution in [0.5, 0.6) is 0 Å². The summed E-state index contributed by atoms with van der Waals surface area (Å²) in [6.07, 6.45) is 0. The first-order valence-electron chi connectivity index (χ1n) is 6.95. The van der Waals surface area contributed by atoms with Gasteiger partial charge in [0.1, 0.15) is 11.6 Å². The highest BCUT2D eigenvalue weighted by Crippen LogP contribution is 2.14. The van der Waals surface area contributed by atoms with E-state index in [-0.39, 0.29) is 10.6 Å². The molecule has 9 heteroatoms. The molecule has 0 aliphatic rings. The number of nitrogens with one attached hydrogen (secondary N) is 3. The summed E-state index contributed by atoms with van der Waals surface area (Å²) in [5.41, 5.74) is 3.94. The number of hydrogen-bond donors (Lipinski definition) is 3. The Morgan fingerprint density at radius 1 is 0.920 bits per heavy atom. The second-order valence-electron chi connectivity index (χ2n) is 4.79. The topological polar surface area (TPSA) is 87.3 Å². The predicted octanol–water partition coefficient (Wildman–Crippen LogP) is 1.81. The van der Waals surface area contributed by atoms with Gasteiger partial charge in [0, 0.05) is 6.07 Å². The molecule has 0 atom stereocenters. The summed E-state index contributed by atoms with van der Waals surface area (Å²) in [7, 11) is 0. The Bertz CT molecular complexity index is 830. The number of amides is 3. The van der Waals surface area contributed by atoms with E-state index in [1.54, 1.807) is 12.1 Å². The van der Waals surface area contributed by atoms with Crippen molar-refractivity contribution in [3.63, 3.8) is 0 Å². The van der Waals surface area contributed by atoms with Crippen LogP contribution in [0.3, 0.4) is 0 Å². The second-order valence-corrected chi connectivity index (χ2v) is 5.20. The van der Waals surface area contributed by atoms with Crippen molar-refractivity contribution >= 4 is 29.3 Å². The zero-order valence-corrected chi connectivity index (χ0v) is 13.4. The molecule has 0 bridgehead atoms. The van der Waals surface area contributed by atoms with E-state index < -0.39 is 41.5 Å². The number of hydrogen-bond acceptors (Lipinski definition) is 3. The zero-order chi connectivity index (χ0) is 18.4. The summed E-state index contributed by atoms with van der Waals surface area (Å²) in [6.45, 7) is -0.529. The third-order valence-corrected chi connectivity index (χ3v) is 3.35. The van der Waals surface area contributed by atoms with Gasteiger partial charge < -0.3 is 5.32 Å². The van der Waals surface area contributed by atoms with Gasteiger partial charge in [-0.3, -0.25) is 25.2 Å². The number of halogens is 3. The van der Waals surface area contributed by atoms with Gasteiger partial charge in [-0.1, -0.05) is 23.7 Å². The maximum absolute atomic E-state index is 13.4. The molecule has 0 aromatic heterocycles. The van der Waals surface area contributed by atoms with Crippen LogP contribution in [-0.4, -0.2) is 24.3 Å². The van der Waals surface area contributed by atoms with Crippen LogP contribution < -0.4 is 16.2 Å². The number of rotatable bonds is 4. The molecule has 3 N–H and O–H groups in total. The molecule has 0 spiro atoms. The number of benzene rings is 2. The lowest BCUT2D eigenvalue weighted by molar-refractivity contribution is -0.120. The van der Waals surface area contributed by atoms with Crippen LogP contribution in [0.25, 0.3) is 0 Å². The van der Waals surface area contributed by atoms with Crippen LogP contribution in [0.1, 0.15) is 20.7 Å². The average molecular weight is 368 g/mol. The Labute approximate surface area is 146 Å². The Morgan fingerprint density at radius 3 is 2.32 bits per heavy atom. The molecule has 0 radical (unpaired) electrons. The van der Waals surface area contributed by atoms with Crippen LogP contribution in [0.15, 0.2) is 42.5 Å². The van der Waals surface area contributed by atoms with Crippen molar-refractivity contribution < 1.29 is 23.2 Å². The molecular formula is C16H12ClF2N3O3. The molecule has 2 rings (SSSR count). The molecule has 6 nitrogen and oxygen atoms in total. The maximum Gasteiger partial charge on any atom is 0.271 e. The fraction of sp³-hybridized carbons (Fsp3) is 0.0625. The second kappa shape index (κ2) is 8.20. The lowest BCUT2D eigenvalue weighted by atomic mass is 10.2. The Balaban J connectivity index is 1.83. The van der Waals surface area contributed by atoms with Gasteiger partial charge in [0.05, 0.1) is 22.7 Å². The van der Waals surface area contributed by atoms with Gasteiger partial charge in [0.25, 0.3) is 17.7 Å². The monoisotopic (exact) mass is 367 g/mol. The third kappa shape index (κ3) is 4.98. The van der Waals surface area contributed by atoms with Gasteiger partial charge in [-0.15, -0.1) is 0 Å². The summed E-state index contributed by atoms with van der Waals surface area (Å²) < 4.78 is 26.2. The highest BCUT2D eigenvalue weighted by molar-refractivity contribution is 6.33. The van der Waals surface area contributed by atoms with Crippen molar-refractivity contribution in [3.05, 3.63) is 70.2 Å². The summed E-state index contributed by atoms with van der Waals surface area (Å²) in [6, 6.07) is 8.64. The Morgan fingerprint density at radius 2 is 1.64 bits per heavy atom. The van der Waals surface area contributed by atoms with Crippen LogP contribution >= 0.6 is 11.6 Å². The predicted molar refractivity (Wildman–Crippen MR) is 85.8 cm³/mol. The molecule has 2 aromatic rings. The highest BCUT2D eigenvalue weighted by atomic mass is 35.5. The molecule has 130 valence electrons. The van der Waals surface area contributed by atoms with Crippen molar-refractivity contribution in [2.45, 2.75) is 0 Å². The standard InChI is InChI=1S/C16H12ClF2N3O3/c17-12-4-2-1-3-10(12)16(25)22-21-14(23)8-20-15(24)11-6-5-9(18)7-13(11)19/h1-7H,8H2,(H,20,24)(H,21,23)(H,22,25). The van der Waals surface area contributed by atoms with E-state index in [1.807, 2.05) is 0 Å². The molecule has 2 aromatic carbocycles. The molecule has 3 amide bonds. The molecule has 0 aliphatic heterocycles. The number of carbonyl (C=O) groups is 3. The quantitative estimate of drug-likeness (QED) is 0.720. The van der Waals surface area contributed by atoms with Crippen molar-refractivity contribution in [2.24, 2.45) is 0 Å². The normalized spacial score (nSPS) is 10.0. The maximum atomic E-state index is 13.4. The first-order chi connectivity index (χ1) is 11.9. The van der Waals surface area contributed by atoms with E-state index in [0.29, 0.717) is 6.07 Å². The third-order valence-electron chi connectivity index (χ3n) is 3.02. The molecule has 0 unspecified atom stereocenters. The van der Waals surface area contributed by atoms with Gasteiger partial charge in [-0.2, -0.15) is 0 Å². The Hall–Kier alpha value is -3.00. The minimum atomic E-state index is -1.05. The van der Waals surface area contributed by atoms with Crippen LogP contribution in [0.2, 0.25) is 5.02 Å². The van der Waals surface area contributed by atoms with E-state index >= 15 is 0 Å². The van der Waals surface area contributed by atoms with Gasteiger partial charge in [0.15, 0.2) is 0 Å². The van der Waals surface area contributed by atoms with E-state index in [1.165, 1.54) is 12.1 Å². The van der Waals surface area contributed by atoms with Gasteiger partial charge in [-0.25, -0.2) is 8.78 Å². The van der Waals surface area contributed by atoms with Gasteiger partial charge >= 0.3 is 0 Å². The Kier molecular flexibility index (Phi) is 6.02. The molecule has 0 heterocycles. The molecule has 0 aliphatic carbocycles. The zero-order valence-electron chi connectivity index (χ0n) is 12.6. The van der Waals surface area contributed by atoms with E-state index in [4.69, 9.17) is 11.6 Å². The molecule has 0 saturated carbocycles. The molecule has 0 fully saturated rings. The molecule has 0 saturated heterocycles. The van der Waals surface area contributed by atoms with Crippen LogP contribution in [0, 0.1) is 11.6 Å². The smallest absolute Gasteiger partial charge is 0.271 e. The van der Waals surface area contributed by atoms with Gasteiger partial charge in [-0.05, 0) is 24.3 Å². The largest absolute Gasteiger partial charge is 0.343 e. The average Bonchev–Trinajstić information content (AvgIpc) is 2.58. The van der Waals surface area contributed by atoms with Crippen molar-refractivity contribution in [1.82, 2.24) is 16.2 Å². The first-order valence-corrected chi connectivity index (χ1v) is 7.33. The fourth-order valence-electron chi connectivity index (χ4n) is 1.81. The summed E-state index contributed by atoms with van der Waals surface area (Å²) in [5, 5.41) is 2.35. The highest BCUT2D eigenvalue weighted by Gasteiger charge is 2.14. The lowest BCUT2D eigenvalue weighted by Crippen LogP contribution is -2.46. The van der Waals surface area contributed by atoms with E-state index in [2.05, 4.69) is 16.2 Å². The molecule has 25 heavy (non-hydrogen) atoms. The van der Waals surface area contributed by atoms with Crippen molar-refractivity contribution in [2.75, 3.05) is 6.54 Å². The summed E-state index contributed by atoms with van der Waals surface area (Å²) >= 11 is 5.84. The molecular weight excluding hydrogens is 356 g/mol. The van der Waals surface area contributed by atoms with E-state index in [9.17, 15) is 23.2 Å². The van der Waals surface area contributed by atoms with Crippen LogP contribution in [-0.2, 0) is 4.79 Å². The minimum Gasteiger partial charge on any atom is -0.343 e. The van der Waals surface area contributed by atoms with E-state index in [0.717, 1.165) is 12.1 Å². The summed E-state index contributed by atoms with van der Waals surface area (Å²) in [5.74, 6) is -4.17.